The van der Waals surface area contributed by atoms with E-state index in [0.717, 1.165) is 12.1 Å². The van der Waals surface area contributed by atoms with Gasteiger partial charge in [0.05, 0.1) is 18.7 Å². The minimum absolute atomic E-state index is 0.0279. The number of rotatable bonds is 7. The van der Waals surface area contributed by atoms with Crippen LogP contribution in [0.25, 0.3) is 11.4 Å². The molecule has 1 aromatic carbocycles. The van der Waals surface area contributed by atoms with Crippen LogP contribution in [0.2, 0.25) is 0 Å². The number of benzene rings is 1. The number of hydrogen-bond donors (Lipinski definition) is 1. The second kappa shape index (κ2) is 8.31. The van der Waals surface area contributed by atoms with E-state index in [1.165, 1.54) is 12.1 Å². The number of alkyl halides is 3. The number of carbonyl (C=O) groups is 1. The first kappa shape index (κ1) is 19.9. The minimum Gasteiger partial charge on any atom is -0.465 e. The Morgan fingerprint density at radius 3 is 2.69 bits per heavy atom. The highest BCUT2D eigenvalue weighted by Crippen LogP contribution is 2.31. The van der Waals surface area contributed by atoms with Gasteiger partial charge in [-0.3, -0.25) is 10.1 Å². The van der Waals surface area contributed by atoms with E-state index in [2.05, 4.69) is 15.5 Å². The Hall–Kier alpha value is -2.42. The molecule has 1 atom stereocenters. The number of ether oxygens (including phenoxy) is 1. The predicted octanol–water partition coefficient (Wildman–Crippen LogP) is 3.43. The maximum Gasteiger partial charge on any atom is 0.416 e. The molecule has 0 amide bonds. The lowest BCUT2D eigenvalue weighted by Crippen LogP contribution is -2.41. The summed E-state index contributed by atoms with van der Waals surface area (Å²) >= 11 is 0. The van der Waals surface area contributed by atoms with Gasteiger partial charge in [-0.1, -0.05) is 31.1 Å². The van der Waals surface area contributed by atoms with Crippen molar-refractivity contribution in [2.45, 2.75) is 39.5 Å². The Balaban J connectivity index is 2.09. The van der Waals surface area contributed by atoms with Crippen molar-refractivity contribution in [1.82, 2.24) is 15.5 Å². The molecule has 0 saturated heterocycles. The first-order chi connectivity index (χ1) is 12.2. The van der Waals surface area contributed by atoms with Crippen molar-refractivity contribution >= 4 is 5.97 Å². The average Bonchev–Trinajstić information content (AvgIpc) is 3.03. The molecule has 0 spiro atoms. The second-order valence-electron chi connectivity index (χ2n) is 5.94. The molecule has 26 heavy (non-hydrogen) atoms. The number of carbonyl (C=O) groups excluding carboxylic acids is 1. The zero-order chi connectivity index (χ0) is 19.3. The van der Waals surface area contributed by atoms with E-state index < -0.39 is 17.8 Å². The van der Waals surface area contributed by atoms with E-state index in [1.54, 1.807) is 6.92 Å². The van der Waals surface area contributed by atoms with Crippen LogP contribution in [0.1, 0.15) is 32.2 Å². The van der Waals surface area contributed by atoms with Crippen LogP contribution in [0.15, 0.2) is 28.8 Å². The Morgan fingerprint density at radius 1 is 1.35 bits per heavy atom. The van der Waals surface area contributed by atoms with Crippen LogP contribution < -0.4 is 5.32 Å². The van der Waals surface area contributed by atoms with Crippen LogP contribution >= 0.6 is 0 Å². The Bertz CT molecular complexity index is 744. The highest BCUT2D eigenvalue weighted by atomic mass is 19.4. The third-order valence-corrected chi connectivity index (χ3v) is 3.60. The van der Waals surface area contributed by atoms with Crippen LogP contribution in [0, 0.1) is 5.92 Å². The molecule has 1 aromatic heterocycles. The van der Waals surface area contributed by atoms with E-state index >= 15 is 0 Å². The van der Waals surface area contributed by atoms with Gasteiger partial charge in [-0.05, 0) is 25.0 Å². The first-order valence-corrected chi connectivity index (χ1v) is 8.12. The molecule has 0 fully saturated rings. The summed E-state index contributed by atoms with van der Waals surface area (Å²) in [6.07, 6.45) is -4.45. The van der Waals surface area contributed by atoms with Gasteiger partial charge in [-0.25, -0.2) is 0 Å². The molecular formula is C17H20F3N3O3. The molecule has 2 rings (SSSR count). The molecule has 0 aliphatic rings. The molecule has 6 nitrogen and oxygen atoms in total. The lowest BCUT2D eigenvalue weighted by molar-refractivity contribution is -0.147. The van der Waals surface area contributed by atoms with Gasteiger partial charge in [0.15, 0.2) is 0 Å². The molecule has 0 bridgehead atoms. The van der Waals surface area contributed by atoms with Gasteiger partial charge in [0.2, 0.25) is 11.7 Å². The summed E-state index contributed by atoms with van der Waals surface area (Å²) in [5.74, 6) is -0.211. The summed E-state index contributed by atoms with van der Waals surface area (Å²) in [5, 5.41) is 6.67. The molecule has 1 unspecified atom stereocenters. The van der Waals surface area contributed by atoms with Gasteiger partial charge in [-0.2, -0.15) is 18.2 Å². The molecule has 2 aromatic rings. The van der Waals surface area contributed by atoms with E-state index in [0.29, 0.717) is 0 Å². The average molecular weight is 371 g/mol. The van der Waals surface area contributed by atoms with Gasteiger partial charge < -0.3 is 9.26 Å². The van der Waals surface area contributed by atoms with Gasteiger partial charge in [0.25, 0.3) is 0 Å². The van der Waals surface area contributed by atoms with Crippen LogP contribution in [0.3, 0.4) is 0 Å². The number of nitrogens with zero attached hydrogens (tertiary/aromatic N) is 2. The van der Waals surface area contributed by atoms with Gasteiger partial charge >= 0.3 is 12.1 Å². The van der Waals surface area contributed by atoms with Crippen molar-refractivity contribution in [3.8, 4) is 11.4 Å². The molecule has 142 valence electrons. The fourth-order valence-corrected chi connectivity index (χ4v) is 2.30. The maximum absolute atomic E-state index is 12.8. The molecular weight excluding hydrogens is 351 g/mol. The monoisotopic (exact) mass is 371 g/mol. The van der Waals surface area contributed by atoms with Gasteiger partial charge in [0.1, 0.15) is 6.04 Å². The number of hydrogen-bond acceptors (Lipinski definition) is 6. The molecule has 0 aliphatic heterocycles. The number of nitrogens with one attached hydrogen (secondary N) is 1. The second-order valence-corrected chi connectivity index (χ2v) is 5.94. The molecule has 0 aliphatic carbocycles. The maximum atomic E-state index is 12.8. The normalized spacial score (nSPS) is 13.0. The van der Waals surface area contributed by atoms with Crippen molar-refractivity contribution in [2.24, 2.45) is 5.92 Å². The SMILES string of the molecule is CCOC(=O)C(NCc1nc(-c2cccc(C(F)(F)F)c2)no1)C(C)C. The Kier molecular flexibility index (Phi) is 6.36. The van der Waals surface area contributed by atoms with Crippen molar-refractivity contribution in [1.29, 1.82) is 0 Å². The van der Waals surface area contributed by atoms with Crippen molar-refractivity contribution in [3.63, 3.8) is 0 Å². The van der Waals surface area contributed by atoms with E-state index in [1.807, 2.05) is 13.8 Å². The fourth-order valence-electron chi connectivity index (χ4n) is 2.30. The zero-order valence-electron chi connectivity index (χ0n) is 14.6. The number of aromatic nitrogens is 2. The smallest absolute Gasteiger partial charge is 0.416 e. The van der Waals surface area contributed by atoms with Crippen LogP contribution in [0.4, 0.5) is 13.2 Å². The summed E-state index contributed by atoms with van der Waals surface area (Å²) in [4.78, 5) is 16.0. The molecule has 1 N–H and O–H groups in total. The van der Waals surface area contributed by atoms with Gasteiger partial charge in [0, 0.05) is 5.56 Å². The largest absolute Gasteiger partial charge is 0.465 e. The molecule has 0 radical (unpaired) electrons. The fraction of sp³-hybridized carbons (Fsp3) is 0.471. The first-order valence-electron chi connectivity index (χ1n) is 8.12. The van der Waals surface area contributed by atoms with Crippen molar-refractivity contribution in [2.75, 3.05) is 6.61 Å². The van der Waals surface area contributed by atoms with Crippen molar-refractivity contribution in [3.05, 3.63) is 35.7 Å². The summed E-state index contributed by atoms with van der Waals surface area (Å²) in [7, 11) is 0. The minimum atomic E-state index is -4.45. The van der Waals surface area contributed by atoms with E-state index in [9.17, 15) is 18.0 Å². The standard InChI is InChI=1S/C17H20F3N3O3/c1-4-25-16(24)14(10(2)3)21-9-13-22-15(23-26-13)11-6-5-7-12(8-11)17(18,19)20/h5-8,10,14,21H,4,9H2,1-3H3. The van der Waals surface area contributed by atoms with Gasteiger partial charge in [-0.15, -0.1) is 0 Å². The summed E-state index contributed by atoms with van der Waals surface area (Å²) < 4.78 is 48.4. The molecule has 0 saturated carbocycles. The molecule has 1 heterocycles. The highest BCUT2D eigenvalue weighted by molar-refractivity contribution is 5.76. The highest BCUT2D eigenvalue weighted by Gasteiger charge is 2.31. The summed E-state index contributed by atoms with van der Waals surface area (Å²) in [6.45, 7) is 5.79. The summed E-state index contributed by atoms with van der Waals surface area (Å²) in [5.41, 5.74) is -0.595. The lowest BCUT2D eigenvalue weighted by atomic mass is 10.0. The predicted molar refractivity (Wildman–Crippen MR) is 86.8 cm³/mol. The Labute approximate surface area is 148 Å². The molecule has 9 heteroatoms. The van der Waals surface area contributed by atoms with E-state index in [4.69, 9.17) is 9.26 Å². The number of esters is 1. The summed E-state index contributed by atoms with van der Waals surface area (Å²) in [6, 6.07) is 4.12. The van der Waals surface area contributed by atoms with Crippen molar-refractivity contribution < 1.29 is 27.2 Å². The number of halogens is 3. The quantitative estimate of drug-likeness (QED) is 0.752. The third-order valence-electron chi connectivity index (χ3n) is 3.60. The lowest BCUT2D eigenvalue weighted by Gasteiger charge is -2.19. The third kappa shape index (κ3) is 5.04. The Morgan fingerprint density at radius 2 is 2.08 bits per heavy atom. The van der Waals surface area contributed by atoms with E-state index in [-0.39, 0.29) is 42.3 Å². The van der Waals surface area contributed by atoms with Crippen LogP contribution in [0.5, 0.6) is 0 Å². The van der Waals surface area contributed by atoms with Crippen LogP contribution in [-0.4, -0.2) is 28.8 Å². The topological polar surface area (TPSA) is 77.2 Å². The zero-order valence-corrected chi connectivity index (χ0v) is 14.6. The van der Waals surface area contributed by atoms with Crippen LogP contribution in [-0.2, 0) is 22.3 Å².